The number of hydrogen-bond acceptors (Lipinski definition) is 4. The Morgan fingerprint density at radius 1 is 1.46 bits per heavy atom. The quantitative estimate of drug-likeness (QED) is 0.706. The molecule has 140 valence electrons. The zero-order valence-electron chi connectivity index (χ0n) is 14.3. The predicted molar refractivity (Wildman–Crippen MR) is 99.0 cm³/mol. The minimum atomic E-state index is -0.250. The number of nitrogens with zero attached hydrogens (tertiary/aromatic N) is 2. The van der Waals surface area contributed by atoms with Gasteiger partial charge < -0.3 is 15.7 Å². The van der Waals surface area contributed by atoms with E-state index >= 15 is 0 Å². The van der Waals surface area contributed by atoms with Crippen molar-refractivity contribution in [2.45, 2.75) is 25.3 Å². The molecule has 26 heavy (non-hydrogen) atoms. The Hall–Kier alpha value is -2.38. The first-order valence-corrected chi connectivity index (χ1v) is 8.79. The number of carboxylic acid groups (broad SMARTS) is 1. The van der Waals surface area contributed by atoms with E-state index in [0.29, 0.717) is 11.5 Å². The molecule has 8 heteroatoms. The standard InChI is InChI=1S/C17H21ClN4O.CH2O2/c18-15-3-1-2-12(8-15)9-16(19)13-4-6-22(7-5-13)17(23)14-10-20-21-11-14;2-1-3/h1-3,8,10-11,13,16H,4-7,9,19H2,(H,20,21);1H,(H,2,3). The Morgan fingerprint density at radius 2 is 2.15 bits per heavy atom. The summed E-state index contributed by atoms with van der Waals surface area (Å²) in [6, 6.07) is 7.95. The van der Waals surface area contributed by atoms with Gasteiger partial charge in [0.25, 0.3) is 12.4 Å². The van der Waals surface area contributed by atoms with Gasteiger partial charge in [0.15, 0.2) is 0 Å². The van der Waals surface area contributed by atoms with E-state index in [0.717, 1.165) is 37.4 Å². The van der Waals surface area contributed by atoms with Crippen LogP contribution in [0.2, 0.25) is 5.02 Å². The summed E-state index contributed by atoms with van der Waals surface area (Å²) in [7, 11) is 0. The van der Waals surface area contributed by atoms with Gasteiger partial charge in [-0.3, -0.25) is 14.7 Å². The molecule has 1 aromatic heterocycles. The number of hydrogen-bond donors (Lipinski definition) is 3. The Bertz CT molecular complexity index is 700. The predicted octanol–water partition coefficient (Wildman–Crippen LogP) is 2.19. The zero-order chi connectivity index (χ0) is 18.9. The molecule has 4 N–H and O–H groups in total. The summed E-state index contributed by atoms with van der Waals surface area (Å²) in [6.45, 7) is 1.25. The normalized spacial score (nSPS) is 15.7. The second-order valence-electron chi connectivity index (χ2n) is 6.22. The lowest BCUT2D eigenvalue weighted by molar-refractivity contribution is -0.122. The fourth-order valence-electron chi connectivity index (χ4n) is 3.18. The van der Waals surface area contributed by atoms with E-state index in [1.54, 1.807) is 12.4 Å². The maximum Gasteiger partial charge on any atom is 0.290 e. The maximum absolute atomic E-state index is 12.3. The first-order valence-electron chi connectivity index (χ1n) is 8.41. The van der Waals surface area contributed by atoms with Crippen molar-refractivity contribution in [3.63, 3.8) is 0 Å². The highest BCUT2D eigenvalue weighted by Crippen LogP contribution is 2.23. The molecule has 1 saturated heterocycles. The third kappa shape index (κ3) is 5.57. The number of nitrogens with one attached hydrogen (secondary N) is 1. The van der Waals surface area contributed by atoms with Gasteiger partial charge in [-0.15, -0.1) is 0 Å². The number of aromatic amines is 1. The van der Waals surface area contributed by atoms with Gasteiger partial charge in [-0.1, -0.05) is 23.7 Å². The molecule has 1 fully saturated rings. The molecule has 7 nitrogen and oxygen atoms in total. The van der Waals surface area contributed by atoms with E-state index < -0.39 is 0 Å². The van der Waals surface area contributed by atoms with Crippen molar-refractivity contribution >= 4 is 24.0 Å². The lowest BCUT2D eigenvalue weighted by atomic mass is 9.86. The molecule has 2 heterocycles. The van der Waals surface area contributed by atoms with Gasteiger partial charge in [0, 0.05) is 30.4 Å². The second kappa shape index (κ2) is 9.94. The number of amides is 1. The topological polar surface area (TPSA) is 112 Å². The number of aromatic nitrogens is 2. The number of carbonyl (C=O) groups is 2. The van der Waals surface area contributed by atoms with Crippen molar-refractivity contribution in [2.75, 3.05) is 13.1 Å². The van der Waals surface area contributed by atoms with E-state index in [-0.39, 0.29) is 18.4 Å². The largest absolute Gasteiger partial charge is 0.483 e. The van der Waals surface area contributed by atoms with Gasteiger partial charge in [-0.25, -0.2) is 0 Å². The van der Waals surface area contributed by atoms with Gasteiger partial charge in [-0.05, 0) is 42.9 Å². The molecule has 1 unspecified atom stereocenters. The van der Waals surface area contributed by atoms with Crippen LogP contribution >= 0.6 is 11.6 Å². The van der Waals surface area contributed by atoms with Crippen molar-refractivity contribution in [1.82, 2.24) is 15.1 Å². The highest BCUT2D eigenvalue weighted by atomic mass is 35.5. The summed E-state index contributed by atoms with van der Waals surface area (Å²) in [5, 5.41) is 14.1. The Labute approximate surface area is 157 Å². The summed E-state index contributed by atoms with van der Waals surface area (Å²) in [5.74, 6) is 0.475. The van der Waals surface area contributed by atoms with Crippen LogP contribution in [-0.2, 0) is 11.2 Å². The monoisotopic (exact) mass is 378 g/mol. The fourth-order valence-corrected chi connectivity index (χ4v) is 3.40. The molecule has 2 aromatic rings. The molecule has 1 amide bonds. The average Bonchev–Trinajstić information content (AvgIpc) is 3.16. The molecule has 3 rings (SSSR count). The second-order valence-corrected chi connectivity index (χ2v) is 6.66. The minimum Gasteiger partial charge on any atom is -0.483 e. The first-order chi connectivity index (χ1) is 12.5. The van der Waals surface area contributed by atoms with Crippen LogP contribution in [-0.4, -0.2) is 51.7 Å². The summed E-state index contributed by atoms with van der Waals surface area (Å²) >= 11 is 6.02. The maximum atomic E-state index is 12.3. The Balaban J connectivity index is 0.000000758. The molecule has 0 radical (unpaired) electrons. The number of likely N-dealkylation sites (tertiary alicyclic amines) is 1. The lowest BCUT2D eigenvalue weighted by Crippen LogP contribution is -2.44. The van der Waals surface area contributed by atoms with Crippen molar-refractivity contribution in [3.05, 3.63) is 52.8 Å². The number of nitrogens with two attached hydrogens (primary N) is 1. The molecule has 0 aliphatic carbocycles. The van der Waals surface area contributed by atoms with Gasteiger partial charge in [0.05, 0.1) is 11.8 Å². The fraction of sp³-hybridized carbons (Fsp3) is 0.389. The Morgan fingerprint density at radius 3 is 2.73 bits per heavy atom. The molecule has 1 aliphatic heterocycles. The number of benzene rings is 1. The summed E-state index contributed by atoms with van der Waals surface area (Å²) in [5.41, 5.74) is 8.17. The van der Waals surface area contributed by atoms with Crippen molar-refractivity contribution < 1.29 is 14.7 Å². The number of carbonyl (C=O) groups excluding carboxylic acids is 1. The van der Waals surface area contributed by atoms with Crippen molar-refractivity contribution in [1.29, 1.82) is 0 Å². The van der Waals surface area contributed by atoms with E-state index in [1.165, 1.54) is 5.56 Å². The van der Waals surface area contributed by atoms with Gasteiger partial charge in [0.1, 0.15) is 0 Å². The number of halogens is 1. The van der Waals surface area contributed by atoms with E-state index in [9.17, 15) is 4.79 Å². The van der Waals surface area contributed by atoms with E-state index in [2.05, 4.69) is 16.3 Å². The van der Waals surface area contributed by atoms with Crippen LogP contribution < -0.4 is 5.73 Å². The van der Waals surface area contributed by atoms with Crippen LogP contribution in [0, 0.1) is 5.92 Å². The number of H-pyrrole nitrogens is 1. The van der Waals surface area contributed by atoms with Crippen molar-refractivity contribution in [2.24, 2.45) is 11.7 Å². The summed E-state index contributed by atoms with van der Waals surface area (Å²) < 4.78 is 0. The first kappa shape index (κ1) is 19.9. The lowest BCUT2D eigenvalue weighted by Gasteiger charge is -2.34. The average molecular weight is 379 g/mol. The minimum absolute atomic E-state index is 0.0422. The molecule has 0 bridgehead atoms. The smallest absolute Gasteiger partial charge is 0.290 e. The van der Waals surface area contributed by atoms with Crippen LogP contribution in [0.4, 0.5) is 0 Å². The number of rotatable bonds is 4. The number of piperidine rings is 1. The summed E-state index contributed by atoms with van der Waals surface area (Å²) in [6.07, 6.45) is 5.90. The Kier molecular flexibility index (Phi) is 7.62. The van der Waals surface area contributed by atoms with E-state index in [4.69, 9.17) is 27.2 Å². The third-order valence-corrected chi connectivity index (χ3v) is 4.77. The highest BCUT2D eigenvalue weighted by Gasteiger charge is 2.27. The van der Waals surface area contributed by atoms with Crippen LogP contribution in [0.25, 0.3) is 0 Å². The van der Waals surface area contributed by atoms with Crippen molar-refractivity contribution in [3.8, 4) is 0 Å². The SMILES string of the molecule is NC(Cc1cccc(Cl)c1)C1CCN(C(=O)c2cn[nH]c2)CC1.O=CO. The van der Waals surface area contributed by atoms with Crippen LogP contribution in [0.15, 0.2) is 36.7 Å². The molecule has 1 aliphatic rings. The molecular formula is C18H23ClN4O3. The molecule has 0 spiro atoms. The van der Waals surface area contributed by atoms with Crippen LogP contribution in [0.5, 0.6) is 0 Å². The van der Waals surface area contributed by atoms with Crippen LogP contribution in [0.1, 0.15) is 28.8 Å². The third-order valence-electron chi connectivity index (χ3n) is 4.54. The van der Waals surface area contributed by atoms with Gasteiger partial charge >= 0.3 is 0 Å². The molecule has 1 atom stereocenters. The summed E-state index contributed by atoms with van der Waals surface area (Å²) in [4.78, 5) is 22.5. The molecule has 1 aromatic carbocycles. The molecular weight excluding hydrogens is 356 g/mol. The van der Waals surface area contributed by atoms with Gasteiger partial charge in [-0.2, -0.15) is 5.10 Å². The van der Waals surface area contributed by atoms with Crippen LogP contribution in [0.3, 0.4) is 0 Å². The van der Waals surface area contributed by atoms with E-state index in [1.807, 2.05) is 23.1 Å². The highest BCUT2D eigenvalue weighted by molar-refractivity contribution is 6.30. The zero-order valence-corrected chi connectivity index (χ0v) is 15.1. The van der Waals surface area contributed by atoms with Gasteiger partial charge in [0.2, 0.25) is 0 Å². The molecule has 0 saturated carbocycles.